The fourth-order valence-corrected chi connectivity index (χ4v) is 1.65. The molecule has 0 aromatic rings. The molecule has 0 aromatic heterocycles. The van der Waals surface area contributed by atoms with Gasteiger partial charge in [0.15, 0.2) is 0 Å². The summed E-state index contributed by atoms with van der Waals surface area (Å²) in [5.41, 5.74) is 0. The third-order valence-electron chi connectivity index (χ3n) is 1.38. The second kappa shape index (κ2) is 4.21. The largest absolute Gasteiger partial charge is 0.264 e. The first-order valence-electron chi connectivity index (χ1n) is 3.35. The van der Waals surface area contributed by atoms with Gasteiger partial charge in [-0.2, -0.15) is 0 Å². The predicted octanol–water partition coefficient (Wildman–Crippen LogP) is 1.80. The van der Waals surface area contributed by atoms with Crippen molar-refractivity contribution < 1.29 is 0 Å². The molecule has 0 unspecified atom stereocenters. The van der Waals surface area contributed by atoms with Crippen LogP contribution in [0.15, 0.2) is 0 Å². The van der Waals surface area contributed by atoms with Gasteiger partial charge in [-0.15, -0.1) is 0 Å². The molecule has 1 N–H and O–H groups in total. The van der Waals surface area contributed by atoms with E-state index in [0.717, 1.165) is 0 Å². The highest BCUT2D eigenvalue weighted by Crippen LogP contribution is 2.07. The maximum Gasteiger partial charge on any atom is 0.00786 e. The molecular weight excluding hydrogens is 118 g/mol. The van der Waals surface area contributed by atoms with Gasteiger partial charge in [0.25, 0.3) is 0 Å². The maximum atomic E-state index is 3.30. The Kier molecular flexibility index (Phi) is 3.39. The van der Waals surface area contributed by atoms with E-state index in [1.54, 1.807) is 0 Å². The lowest BCUT2D eigenvalue weighted by Crippen LogP contribution is -2.08. The van der Waals surface area contributed by atoms with Gasteiger partial charge >= 0.3 is 0 Å². The van der Waals surface area contributed by atoms with E-state index in [4.69, 9.17) is 0 Å². The summed E-state index contributed by atoms with van der Waals surface area (Å²) in [6, 6.07) is 0. The summed E-state index contributed by atoms with van der Waals surface area (Å²) in [5, 5.41) is 0. The third-order valence-corrected chi connectivity index (χ3v) is 2.28. The van der Waals surface area contributed by atoms with Gasteiger partial charge in [0.2, 0.25) is 0 Å². The van der Waals surface area contributed by atoms with Gasteiger partial charge < -0.3 is 0 Å². The lowest BCUT2D eigenvalue weighted by atomic mass is 10.2. The summed E-state index contributed by atoms with van der Waals surface area (Å²) < 4.78 is 3.30. The molecular formula is C6H13NS. The van der Waals surface area contributed by atoms with E-state index in [2.05, 4.69) is 4.72 Å². The van der Waals surface area contributed by atoms with Crippen LogP contribution in [0, 0.1) is 0 Å². The number of hydrogen-bond acceptors (Lipinski definition) is 2. The minimum Gasteiger partial charge on any atom is -0.264 e. The van der Waals surface area contributed by atoms with Crippen LogP contribution in [0.2, 0.25) is 0 Å². The van der Waals surface area contributed by atoms with Crippen LogP contribution >= 0.6 is 11.9 Å². The Hall–Kier alpha value is 0.310. The summed E-state index contributed by atoms with van der Waals surface area (Å²) in [5.74, 6) is 1.31. The second-order valence-electron chi connectivity index (χ2n) is 2.16. The molecule has 0 saturated carbocycles. The molecule has 0 amide bonds. The lowest BCUT2D eigenvalue weighted by Gasteiger charge is -2.07. The van der Waals surface area contributed by atoms with Crippen LogP contribution in [0.1, 0.15) is 25.7 Å². The Labute approximate surface area is 55.4 Å². The van der Waals surface area contributed by atoms with Crippen molar-refractivity contribution >= 4 is 11.9 Å². The quantitative estimate of drug-likeness (QED) is 0.503. The molecule has 1 nitrogen and oxygen atoms in total. The Balaban J connectivity index is 2.00. The van der Waals surface area contributed by atoms with Crippen molar-refractivity contribution in [1.29, 1.82) is 0 Å². The van der Waals surface area contributed by atoms with Crippen LogP contribution in [0.25, 0.3) is 0 Å². The van der Waals surface area contributed by atoms with Gasteiger partial charge in [-0.05, 0) is 12.8 Å². The van der Waals surface area contributed by atoms with Crippen molar-refractivity contribution in [3.05, 3.63) is 0 Å². The Bertz CT molecular complexity index is 32.5. The smallest absolute Gasteiger partial charge is 0.00786 e. The molecule has 0 radical (unpaired) electrons. The van der Waals surface area contributed by atoms with Crippen molar-refractivity contribution in [3.63, 3.8) is 0 Å². The Morgan fingerprint density at radius 3 is 2.88 bits per heavy atom. The fourth-order valence-electron chi connectivity index (χ4n) is 0.869. The lowest BCUT2D eigenvalue weighted by molar-refractivity contribution is 0.653. The summed E-state index contributed by atoms with van der Waals surface area (Å²) in [7, 11) is 0. The van der Waals surface area contributed by atoms with Crippen molar-refractivity contribution in [2.75, 3.05) is 12.3 Å². The number of hydrogen-bond donors (Lipinski definition) is 1. The van der Waals surface area contributed by atoms with Crippen LogP contribution in [0.5, 0.6) is 0 Å². The van der Waals surface area contributed by atoms with Gasteiger partial charge in [-0.25, -0.2) is 0 Å². The van der Waals surface area contributed by atoms with E-state index in [-0.39, 0.29) is 0 Å². The van der Waals surface area contributed by atoms with E-state index in [1.165, 1.54) is 38.0 Å². The molecule has 8 heavy (non-hydrogen) atoms. The van der Waals surface area contributed by atoms with Crippen molar-refractivity contribution in [3.8, 4) is 0 Å². The SMILES string of the molecule is C1CCCSNCC1. The van der Waals surface area contributed by atoms with E-state index in [1.807, 2.05) is 11.9 Å². The minimum absolute atomic E-state index is 1.21. The first-order chi connectivity index (χ1) is 4.00. The van der Waals surface area contributed by atoms with Gasteiger partial charge in [0, 0.05) is 12.3 Å². The van der Waals surface area contributed by atoms with Crippen LogP contribution in [0.3, 0.4) is 0 Å². The summed E-state index contributed by atoms with van der Waals surface area (Å²) >= 11 is 1.88. The molecule has 0 aromatic carbocycles. The molecule has 1 saturated heterocycles. The highest BCUT2D eigenvalue weighted by Gasteiger charge is 1.94. The third kappa shape index (κ3) is 2.58. The summed E-state index contributed by atoms with van der Waals surface area (Å²) in [4.78, 5) is 0. The monoisotopic (exact) mass is 131 g/mol. The molecule has 48 valence electrons. The average molecular weight is 131 g/mol. The van der Waals surface area contributed by atoms with Crippen LogP contribution in [0.4, 0.5) is 0 Å². The first kappa shape index (κ1) is 6.43. The Morgan fingerprint density at radius 2 is 1.88 bits per heavy atom. The normalized spacial score (nSPS) is 24.0. The molecule has 1 rings (SSSR count). The fraction of sp³-hybridized carbons (Fsp3) is 1.00. The molecule has 2 heteroatoms. The highest BCUT2D eigenvalue weighted by molar-refractivity contribution is 7.97. The van der Waals surface area contributed by atoms with Gasteiger partial charge in [-0.3, -0.25) is 4.72 Å². The zero-order chi connectivity index (χ0) is 5.66. The van der Waals surface area contributed by atoms with Gasteiger partial charge in [0.05, 0.1) is 0 Å². The molecule has 1 heterocycles. The Morgan fingerprint density at radius 1 is 1.00 bits per heavy atom. The zero-order valence-corrected chi connectivity index (χ0v) is 5.97. The van der Waals surface area contributed by atoms with E-state index in [0.29, 0.717) is 0 Å². The van der Waals surface area contributed by atoms with Crippen LogP contribution < -0.4 is 4.72 Å². The topological polar surface area (TPSA) is 12.0 Å². The number of rotatable bonds is 0. The maximum absolute atomic E-state index is 3.30. The van der Waals surface area contributed by atoms with Crippen molar-refractivity contribution in [1.82, 2.24) is 4.72 Å². The molecule has 1 aliphatic heterocycles. The zero-order valence-electron chi connectivity index (χ0n) is 5.15. The van der Waals surface area contributed by atoms with Crippen LogP contribution in [-0.4, -0.2) is 12.3 Å². The molecule has 1 fully saturated rings. The van der Waals surface area contributed by atoms with E-state index >= 15 is 0 Å². The molecule has 0 aliphatic carbocycles. The van der Waals surface area contributed by atoms with Crippen LogP contribution in [-0.2, 0) is 0 Å². The standard InChI is InChI=1S/C6H13NS/c1-2-4-6-8-7-5-3-1/h7H,1-6H2. The molecule has 1 aliphatic rings. The second-order valence-corrected chi connectivity index (χ2v) is 3.14. The first-order valence-corrected chi connectivity index (χ1v) is 4.33. The van der Waals surface area contributed by atoms with Crippen molar-refractivity contribution in [2.45, 2.75) is 25.7 Å². The van der Waals surface area contributed by atoms with Crippen molar-refractivity contribution in [2.24, 2.45) is 0 Å². The minimum atomic E-state index is 1.21. The van der Waals surface area contributed by atoms with Gasteiger partial charge in [-0.1, -0.05) is 24.8 Å². The van der Waals surface area contributed by atoms with E-state index < -0.39 is 0 Å². The average Bonchev–Trinajstić information content (AvgIpc) is 1.62. The summed E-state index contributed by atoms with van der Waals surface area (Å²) in [6.45, 7) is 1.21. The van der Waals surface area contributed by atoms with Gasteiger partial charge in [0.1, 0.15) is 0 Å². The number of nitrogens with one attached hydrogen (secondary N) is 1. The molecule has 0 bridgehead atoms. The highest BCUT2D eigenvalue weighted by atomic mass is 32.2. The predicted molar refractivity (Wildman–Crippen MR) is 38.9 cm³/mol. The molecule has 0 spiro atoms. The van der Waals surface area contributed by atoms with E-state index in [9.17, 15) is 0 Å². The molecule has 0 atom stereocenters. The summed E-state index contributed by atoms with van der Waals surface area (Å²) in [6.07, 6.45) is 5.63.